The van der Waals surface area contributed by atoms with Crippen LogP contribution in [0.2, 0.25) is 5.02 Å². The number of benzene rings is 1. The normalized spacial score (nSPS) is 11.8. The molecule has 0 N–H and O–H groups in total. The highest BCUT2D eigenvalue weighted by Crippen LogP contribution is 2.22. The van der Waals surface area contributed by atoms with Gasteiger partial charge >= 0.3 is 5.69 Å². The molecule has 1 aromatic carbocycles. The van der Waals surface area contributed by atoms with E-state index in [2.05, 4.69) is 4.98 Å². The van der Waals surface area contributed by atoms with E-state index in [0.29, 0.717) is 28.4 Å². The molecule has 0 fully saturated rings. The van der Waals surface area contributed by atoms with E-state index in [-0.39, 0.29) is 17.5 Å². The third-order valence-electron chi connectivity index (χ3n) is 4.05. The van der Waals surface area contributed by atoms with Crippen molar-refractivity contribution in [3.8, 4) is 5.69 Å². The zero-order chi connectivity index (χ0) is 18.3. The van der Waals surface area contributed by atoms with E-state index in [1.165, 1.54) is 9.13 Å². The van der Waals surface area contributed by atoms with Crippen LogP contribution in [0.25, 0.3) is 16.9 Å². The SMILES string of the molecule is CC(C)Cn1c(=O)c2c(ncn2C(C)C)n(-c2ccccc2Cl)c1=O. The summed E-state index contributed by atoms with van der Waals surface area (Å²) in [5.41, 5.74) is 0.522. The fourth-order valence-electron chi connectivity index (χ4n) is 2.91. The van der Waals surface area contributed by atoms with Gasteiger partial charge in [-0.3, -0.25) is 9.36 Å². The Hall–Kier alpha value is -2.34. The van der Waals surface area contributed by atoms with E-state index >= 15 is 0 Å². The molecule has 2 aromatic heterocycles. The first-order chi connectivity index (χ1) is 11.8. The van der Waals surface area contributed by atoms with E-state index in [4.69, 9.17) is 11.6 Å². The first-order valence-corrected chi connectivity index (χ1v) is 8.68. The van der Waals surface area contributed by atoms with Gasteiger partial charge in [-0.05, 0) is 31.9 Å². The molecule has 7 heteroatoms. The third-order valence-corrected chi connectivity index (χ3v) is 4.37. The molecule has 132 valence electrons. The molecule has 3 rings (SSSR count). The lowest BCUT2D eigenvalue weighted by atomic mass is 10.2. The van der Waals surface area contributed by atoms with Crippen LogP contribution in [0.1, 0.15) is 33.7 Å². The van der Waals surface area contributed by atoms with Crippen molar-refractivity contribution in [2.75, 3.05) is 0 Å². The lowest BCUT2D eigenvalue weighted by Crippen LogP contribution is -2.41. The number of imidazole rings is 1. The van der Waals surface area contributed by atoms with Crippen molar-refractivity contribution in [2.45, 2.75) is 40.3 Å². The van der Waals surface area contributed by atoms with Gasteiger partial charge in [0.15, 0.2) is 11.2 Å². The Balaban J connectivity index is 2.50. The number of fused-ring (bicyclic) bond motifs is 1. The van der Waals surface area contributed by atoms with Gasteiger partial charge in [0.25, 0.3) is 5.56 Å². The first-order valence-electron chi connectivity index (χ1n) is 8.30. The molecule has 0 saturated carbocycles. The van der Waals surface area contributed by atoms with Gasteiger partial charge in [-0.25, -0.2) is 14.3 Å². The minimum Gasteiger partial charge on any atom is -0.322 e. The highest BCUT2D eigenvalue weighted by atomic mass is 35.5. The summed E-state index contributed by atoms with van der Waals surface area (Å²) in [5.74, 6) is 0.151. The number of hydrogen-bond donors (Lipinski definition) is 0. The zero-order valence-electron chi connectivity index (χ0n) is 14.7. The van der Waals surface area contributed by atoms with Crippen LogP contribution in [-0.2, 0) is 6.54 Å². The Morgan fingerprint density at radius 3 is 2.40 bits per heavy atom. The van der Waals surface area contributed by atoms with E-state index in [1.807, 2.05) is 27.7 Å². The van der Waals surface area contributed by atoms with Gasteiger partial charge in [0.05, 0.1) is 17.0 Å². The van der Waals surface area contributed by atoms with E-state index in [0.717, 1.165) is 0 Å². The van der Waals surface area contributed by atoms with Crippen LogP contribution in [0, 0.1) is 5.92 Å². The Morgan fingerprint density at radius 1 is 1.12 bits per heavy atom. The molecule has 0 amide bonds. The molecule has 2 heterocycles. The molecular weight excluding hydrogens is 340 g/mol. The number of halogens is 1. The quantitative estimate of drug-likeness (QED) is 0.717. The second-order valence-electron chi connectivity index (χ2n) is 6.80. The highest BCUT2D eigenvalue weighted by Gasteiger charge is 2.21. The van der Waals surface area contributed by atoms with Crippen molar-refractivity contribution in [3.63, 3.8) is 0 Å². The monoisotopic (exact) mass is 360 g/mol. The smallest absolute Gasteiger partial charge is 0.322 e. The Morgan fingerprint density at radius 2 is 1.80 bits per heavy atom. The van der Waals surface area contributed by atoms with Gasteiger partial charge in [-0.1, -0.05) is 37.6 Å². The van der Waals surface area contributed by atoms with E-state index in [9.17, 15) is 9.59 Å². The van der Waals surface area contributed by atoms with Gasteiger partial charge < -0.3 is 4.57 Å². The summed E-state index contributed by atoms with van der Waals surface area (Å²) in [6.45, 7) is 8.21. The lowest BCUT2D eigenvalue weighted by Gasteiger charge is -2.15. The predicted molar refractivity (Wildman–Crippen MR) is 99.8 cm³/mol. The Bertz CT molecular complexity index is 1040. The van der Waals surface area contributed by atoms with Crippen LogP contribution < -0.4 is 11.2 Å². The molecule has 0 aliphatic carbocycles. The number of nitrogens with zero attached hydrogens (tertiary/aromatic N) is 4. The standard InChI is InChI=1S/C18H21ClN4O2/c1-11(2)9-21-17(24)15-16(20-10-22(15)12(3)4)23(18(21)25)14-8-6-5-7-13(14)19/h5-8,10-12H,9H2,1-4H3. The molecule has 0 aliphatic heterocycles. The summed E-state index contributed by atoms with van der Waals surface area (Å²) in [7, 11) is 0. The molecular formula is C18H21ClN4O2. The lowest BCUT2D eigenvalue weighted by molar-refractivity contribution is 0.487. The average Bonchev–Trinajstić information content (AvgIpc) is 2.98. The highest BCUT2D eigenvalue weighted by molar-refractivity contribution is 6.32. The molecule has 0 aliphatic rings. The Labute approximate surface area is 150 Å². The second kappa shape index (κ2) is 6.52. The molecule has 3 aromatic rings. The summed E-state index contributed by atoms with van der Waals surface area (Å²) in [4.78, 5) is 30.4. The van der Waals surface area contributed by atoms with Crippen molar-refractivity contribution in [2.24, 2.45) is 5.92 Å². The maximum Gasteiger partial charge on any atom is 0.337 e. The van der Waals surface area contributed by atoms with Crippen molar-refractivity contribution in [3.05, 3.63) is 56.5 Å². The van der Waals surface area contributed by atoms with Crippen LogP contribution in [0.3, 0.4) is 0 Å². The predicted octanol–water partition coefficient (Wildman–Crippen LogP) is 3.24. The van der Waals surface area contributed by atoms with Crippen LogP contribution in [0.5, 0.6) is 0 Å². The molecule has 0 bridgehead atoms. The van der Waals surface area contributed by atoms with Crippen LogP contribution >= 0.6 is 11.6 Å². The molecule has 0 atom stereocenters. The molecule has 6 nitrogen and oxygen atoms in total. The van der Waals surface area contributed by atoms with Crippen LogP contribution in [-0.4, -0.2) is 18.7 Å². The zero-order valence-corrected chi connectivity index (χ0v) is 15.5. The maximum absolute atomic E-state index is 13.1. The number of hydrogen-bond acceptors (Lipinski definition) is 3. The summed E-state index contributed by atoms with van der Waals surface area (Å²) >= 11 is 6.32. The van der Waals surface area contributed by atoms with Crippen molar-refractivity contribution < 1.29 is 0 Å². The number of para-hydroxylation sites is 1. The molecule has 25 heavy (non-hydrogen) atoms. The summed E-state index contributed by atoms with van der Waals surface area (Å²) in [5, 5.41) is 0.430. The number of aromatic nitrogens is 4. The second-order valence-corrected chi connectivity index (χ2v) is 7.20. The van der Waals surface area contributed by atoms with Crippen molar-refractivity contribution in [1.82, 2.24) is 18.7 Å². The van der Waals surface area contributed by atoms with E-state index < -0.39 is 5.69 Å². The summed E-state index contributed by atoms with van der Waals surface area (Å²) < 4.78 is 4.50. The van der Waals surface area contributed by atoms with Gasteiger partial charge in [-0.2, -0.15) is 0 Å². The minimum atomic E-state index is -0.423. The fourth-order valence-corrected chi connectivity index (χ4v) is 3.14. The average molecular weight is 361 g/mol. The Kier molecular flexibility index (Phi) is 4.56. The van der Waals surface area contributed by atoms with Crippen LogP contribution in [0.4, 0.5) is 0 Å². The van der Waals surface area contributed by atoms with E-state index in [1.54, 1.807) is 35.2 Å². The third kappa shape index (κ3) is 2.91. The molecule has 0 spiro atoms. The molecule has 0 unspecified atom stereocenters. The maximum atomic E-state index is 13.1. The van der Waals surface area contributed by atoms with Crippen molar-refractivity contribution in [1.29, 1.82) is 0 Å². The van der Waals surface area contributed by atoms with Gasteiger partial charge in [0.1, 0.15) is 0 Å². The topological polar surface area (TPSA) is 61.8 Å². The van der Waals surface area contributed by atoms with Gasteiger partial charge in [0, 0.05) is 12.6 Å². The minimum absolute atomic E-state index is 0.0439. The van der Waals surface area contributed by atoms with Crippen molar-refractivity contribution >= 4 is 22.8 Å². The van der Waals surface area contributed by atoms with Gasteiger partial charge in [-0.15, -0.1) is 0 Å². The molecule has 0 radical (unpaired) electrons. The first kappa shape index (κ1) is 17.5. The fraction of sp³-hybridized carbons (Fsp3) is 0.389. The molecule has 0 saturated heterocycles. The van der Waals surface area contributed by atoms with Crippen LogP contribution in [0.15, 0.2) is 40.2 Å². The number of rotatable bonds is 4. The largest absolute Gasteiger partial charge is 0.337 e. The summed E-state index contributed by atoms with van der Waals surface area (Å²) in [6, 6.07) is 7.11. The van der Waals surface area contributed by atoms with Gasteiger partial charge in [0.2, 0.25) is 0 Å². The summed E-state index contributed by atoms with van der Waals surface area (Å²) in [6.07, 6.45) is 1.60.